The number of rotatable bonds is 7. The Hall–Kier alpha value is -4.38. The average molecular weight is 611 g/mol. The van der Waals surface area contributed by atoms with Gasteiger partial charge in [0.1, 0.15) is 0 Å². The highest BCUT2D eigenvalue weighted by atomic mass is 19.4. The molecule has 0 bridgehead atoms. The van der Waals surface area contributed by atoms with Crippen LogP contribution in [0, 0.1) is 25.7 Å². The standard InChI is InChI=1S/C31H36N4O2.C2HF3O2/c1-22-10-9-11-23(2)29(22)30(36)35-20-25-18-34(19-26(25)21-35)17-16-28(24-12-5-3-6-13-24)33-31(37)32-27-14-7-4-8-15-27;3-2(4,5)1(6)7/h3-15,25-26,28H,16-21H2,1-2H3,(H2,32,33,37);(H,6,7)/t25-,26?,28?;/m0./s1. The largest absolute Gasteiger partial charge is 0.490 e. The SMILES string of the molecule is Cc1cccc(C)c1C(=O)N1CC2CN(CCC(NC(=O)Nc3ccccc3)c3ccccc3)C[C@H]2C1.O=C(O)C(F)(F)F. The zero-order valence-electron chi connectivity index (χ0n) is 24.7. The number of carbonyl (C=O) groups excluding carboxylic acids is 2. The molecule has 234 valence electrons. The van der Waals surface area contributed by atoms with E-state index in [4.69, 9.17) is 9.90 Å². The minimum atomic E-state index is -5.08. The smallest absolute Gasteiger partial charge is 0.475 e. The third kappa shape index (κ3) is 8.59. The van der Waals surface area contributed by atoms with Gasteiger partial charge in [0.2, 0.25) is 0 Å². The predicted octanol–water partition coefficient (Wildman–Crippen LogP) is 5.89. The maximum absolute atomic E-state index is 13.3. The summed E-state index contributed by atoms with van der Waals surface area (Å²) in [5.74, 6) is -1.56. The molecule has 0 aliphatic carbocycles. The van der Waals surface area contributed by atoms with E-state index < -0.39 is 12.1 Å². The lowest BCUT2D eigenvalue weighted by Gasteiger charge is -2.25. The van der Waals surface area contributed by atoms with Crippen LogP contribution in [0.4, 0.5) is 23.7 Å². The van der Waals surface area contributed by atoms with Crippen LogP contribution >= 0.6 is 0 Å². The summed E-state index contributed by atoms with van der Waals surface area (Å²) in [7, 11) is 0. The number of aliphatic carboxylic acids is 1. The Morgan fingerprint density at radius 3 is 1.89 bits per heavy atom. The van der Waals surface area contributed by atoms with E-state index >= 15 is 0 Å². The first-order chi connectivity index (χ1) is 20.9. The fourth-order valence-corrected chi connectivity index (χ4v) is 5.91. The summed E-state index contributed by atoms with van der Waals surface area (Å²) in [5, 5.41) is 13.2. The van der Waals surface area contributed by atoms with E-state index in [0.717, 1.165) is 67.1 Å². The van der Waals surface area contributed by atoms with Crippen LogP contribution in [0.2, 0.25) is 0 Å². The third-order valence-electron chi connectivity index (χ3n) is 8.06. The van der Waals surface area contributed by atoms with Crippen molar-refractivity contribution in [2.45, 2.75) is 32.5 Å². The van der Waals surface area contributed by atoms with Gasteiger partial charge in [-0.05, 0) is 60.9 Å². The van der Waals surface area contributed by atoms with Gasteiger partial charge in [0.25, 0.3) is 5.91 Å². The molecule has 0 saturated carbocycles. The van der Waals surface area contributed by atoms with E-state index in [9.17, 15) is 22.8 Å². The number of likely N-dealkylation sites (tertiary alicyclic amines) is 2. The molecule has 2 heterocycles. The molecule has 0 aromatic heterocycles. The zero-order chi connectivity index (χ0) is 31.9. The van der Waals surface area contributed by atoms with E-state index in [1.807, 2.05) is 80.6 Å². The number of halogens is 3. The number of anilines is 1. The van der Waals surface area contributed by atoms with Crippen LogP contribution in [-0.4, -0.2) is 71.7 Å². The number of hydrogen-bond acceptors (Lipinski definition) is 4. The Bertz CT molecular complexity index is 1400. The Morgan fingerprint density at radius 2 is 1.36 bits per heavy atom. The maximum atomic E-state index is 13.3. The summed E-state index contributed by atoms with van der Waals surface area (Å²) in [5.41, 5.74) is 4.86. The van der Waals surface area contributed by atoms with Crippen molar-refractivity contribution in [3.05, 3.63) is 101 Å². The summed E-state index contributed by atoms with van der Waals surface area (Å²) >= 11 is 0. The molecule has 3 amide bonds. The Kier molecular flexibility index (Phi) is 10.6. The van der Waals surface area contributed by atoms with Crippen molar-refractivity contribution in [1.29, 1.82) is 0 Å². The molecule has 2 fully saturated rings. The molecule has 3 atom stereocenters. The molecular weight excluding hydrogens is 573 g/mol. The predicted molar refractivity (Wildman–Crippen MR) is 161 cm³/mol. The summed E-state index contributed by atoms with van der Waals surface area (Å²) in [6.07, 6.45) is -4.25. The number of amides is 3. The molecule has 3 N–H and O–H groups in total. The molecule has 3 aromatic carbocycles. The lowest BCUT2D eigenvalue weighted by atomic mass is 10.0. The van der Waals surface area contributed by atoms with Gasteiger partial charge < -0.3 is 25.5 Å². The van der Waals surface area contributed by atoms with Crippen molar-refractivity contribution in [2.24, 2.45) is 11.8 Å². The summed E-state index contributed by atoms with van der Waals surface area (Å²) in [6, 6.07) is 25.5. The third-order valence-corrected chi connectivity index (χ3v) is 8.06. The number of aryl methyl sites for hydroxylation is 2. The number of benzene rings is 3. The topological polar surface area (TPSA) is 102 Å². The van der Waals surface area contributed by atoms with Crippen molar-refractivity contribution >= 4 is 23.6 Å². The first-order valence-corrected chi connectivity index (χ1v) is 14.5. The van der Waals surface area contributed by atoms with Crippen molar-refractivity contribution in [3.63, 3.8) is 0 Å². The second-order valence-electron chi connectivity index (χ2n) is 11.3. The monoisotopic (exact) mass is 610 g/mol. The molecule has 2 unspecified atom stereocenters. The van der Waals surface area contributed by atoms with Crippen LogP contribution in [0.1, 0.15) is 39.5 Å². The molecule has 3 aromatic rings. The highest BCUT2D eigenvalue weighted by molar-refractivity contribution is 5.97. The van der Waals surface area contributed by atoms with E-state index in [1.165, 1.54) is 0 Å². The fraction of sp³-hybridized carbons (Fsp3) is 0.364. The van der Waals surface area contributed by atoms with Crippen LogP contribution in [0.15, 0.2) is 78.9 Å². The molecule has 5 rings (SSSR count). The molecule has 44 heavy (non-hydrogen) atoms. The highest BCUT2D eigenvalue weighted by Gasteiger charge is 2.42. The van der Waals surface area contributed by atoms with Crippen LogP contribution in [0.3, 0.4) is 0 Å². The molecule has 8 nitrogen and oxygen atoms in total. The van der Waals surface area contributed by atoms with Crippen molar-refractivity contribution in [3.8, 4) is 0 Å². The molecular formula is C33H37F3N4O4. The number of carboxylic acids is 1. The lowest BCUT2D eigenvalue weighted by molar-refractivity contribution is -0.192. The maximum Gasteiger partial charge on any atom is 0.490 e. The Balaban J connectivity index is 0.000000566. The Morgan fingerprint density at radius 1 is 0.841 bits per heavy atom. The minimum absolute atomic E-state index is 0.0764. The van der Waals surface area contributed by atoms with Gasteiger partial charge in [-0.15, -0.1) is 0 Å². The first-order valence-electron chi connectivity index (χ1n) is 14.5. The lowest BCUT2D eigenvalue weighted by Crippen LogP contribution is -2.36. The number of alkyl halides is 3. The zero-order valence-corrected chi connectivity index (χ0v) is 24.7. The van der Waals surface area contributed by atoms with Gasteiger partial charge in [0.15, 0.2) is 0 Å². The second kappa shape index (κ2) is 14.4. The number of hydrogen-bond donors (Lipinski definition) is 3. The van der Waals surface area contributed by atoms with Crippen molar-refractivity contribution in [2.75, 3.05) is 38.0 Å². The average Bonchev–Trinajstić information content (AvgIpc) is 3.55. The number of fused-ring (bicyclic) bond motifs is 1. The first kappa shape index (κ1) is 32.5. The van der Waals surface area contributed by atoms with Crippen LogP contribution < -0.4 is 10.6 Å². The van der Waals surface area contributed by atoms with Crippen LogP contribution in [-0.2, 0) is 4.79 Å². The van der Waals surface area contributed by atoms with E-state index in [2.05, 4.69) is 32.6 Å². The fourth-order valence-electron chi connectivity index (χ4n) is 5.91. The van der Waals surface area contributed by atoms with Gasteiger partial charge in [0.05, 0.1) is 6.04 Å². The number of urea groups is 1. The summed E-state index contributed by atoms with van der Waals surface area (Å²) in [6.45, 7) is 8.61. The van der Waals surface area contributed by atoms with Gasteiger partial charge in [-0.25, -0.2) is 9.59 Å². The van der Waals surface area contributed by atoms with Crippen molar-refractivity contribution in [1.82, 2.24) is 15.1 Å². The molecule has 2 saturated heterocycles. The normalized spacial score (nSPS) is 18.5. The summed E-state index contributed by atoms with van der Waals surface area (Å²) in [4.78, 5) is 39.5. The van der Waals surface area contributed by atoms with Gasteiger partial charge in [-0.2, -0.15) is 13.2 Å². The highest BCUT2D eigenvalue weighted by Crippen LogP contribution is 2.33. The number of nitrogens with zero attached hydrogens (tertiary/aromatic N) is 2. The van der Waals surface area contributed by atoms with E-state index in [1.54, 1.807) is 0 Å². The number of carbonyl (C=O) groups is 3. The van der Waals surface area contributed by atoms with E-state index in [-0.39, 0.29) is 18.0 Å². The molecule has 0 radical (unpaired) electrons. The second-order valence-corrected chi connectivity index (χ2v) is 11.3. The van der Waals surface area contributed by atoms with Gasteiger partial charge >= 0.3 is 18.2 Å². The Labute approximate surface area is 254 Å². The molecule has 2 aliphatic heterocycles. The number of para-hydroxylation sites is 1. The van der Waals surface area contributed by atoms with Gasteiger partial charge in [-0.1, -0.05) is 66.7 Å². The number of carboxylic acid groups (broad SMARTS) is 1. The van der Waals surface area contributed by atoms with Gasteiger partial charge in [-0.3, -0.25) is 4.79 Å². The van der Waals surface area contributed by atoms with Crippen molar-refractivity contribution < 1.29 is 32.7 Å². The van der Waals surface area contributed by atoms with E-state index in [0.29, 0.717) is 11.8 Å². The quantitative estimate of drug-likeness (QED) is 0.310. The molecule has 11 heteroatoms. The number of nitrogens with one attached hydrogen (secondary N) is 2. The summed E-state index contributed by atoms with van der Waals surface area (Å²) < 4.78 is 31.7. The molecule has 2 aliphatic rings. The van der Waals surface area contributed by atoms with Crippen LogP contribution in [0.25, 0.3) is 0 Å². The molecule has 0 spiro atoms. The van der Waals surface area contributed by atoms with Gasteiger partial charge in [0, 0.05) is 44.0 Å². The van der Waals surface area contributed by atoms with Crippen LogP contribution in [0.5, 0.6) is 0 Å². The minimum Gasteiger partial charge on any atom is -0.475 e.